The number of hydrogen-bond acceptors (Lipinski definition) is 4. The van der Waals surface area contributed by atoms with Gasteiger partial charge in [0.1, 0.15) is 5.75 Å². The van der Waals surface area contributed by atoms with Gasteiger partial charge in [-0.05, 0) is 61.3 Å². The molecule has 2 aromatic rings. The number of urea groups is 1. The minimum atomic E-state index is -0.0796. The van der Waals surface area contributed by atoms with E-state index < -0.39 is 0 Å². The van der Waals surface area contributed by atoms with E-state index >= 15 is 0 Å². The number of aliphatic hydroxyl groups excluding tert-OH is 1. The SMILES string of the molecule is COc1ccc(NC(=O)N2CCCCN3[C@H](CO)[C@H](c4ccc(Br)cc4)[C@@H]3C2)cc1. The molecule has 2 N–H and O–H groups in total. The predicted octanol–water partition coefficient (Wildman–Crippen LogP) is 3.91. The van der Waals surface area contributed by atoms with Gasteiger partial charge in [-0.3, -0.25) is 4.90 Å². The highest BCUT2D eigenvalue weighted by Crippen LogP contribution is 2.42. The maximum absolute atomic E-state index is 13.0. The Balaban J connectivity index is 1.49. The smallest absolute Gasteiger partial charge is 0.321 e. The number of aliphatic hydroxyl groups is 1. The minimum absolute atomic E-state index is 0.0796. The normalized spacial score (nSPS) is 24.2. The number of carbonyl (C=O) groups excluding carboxylic acids is 1. The quantitative estimate of drug-likeness (QED) is 0.706. The first kappa shape index (κ1) is 21.2. The van der Waals surface area contributed by atoms with Gasteiger partial charge in [0, 0.05) is 41.3 Å². The van der Waals surface area contributed by atoms with Crippen LogP contribution in [0.1, 0.15) is 24.3 Å². The number of benzene rings is 2. The topological polar surface area (TPSA) is 65.0 Å². The molecule has 2 aromatic carbocycles. The summed E-state index contributed by atoms with van der Waals surface area (Å²) >= 11 is 3.50. The molecule has 6 nitrogen and oxygen atoms in total. The van der Waals surface area contributed by atoms with Crippen molar-refractivity contribution in [3.05, 3.63) is 58.6 Å². The van der Waals surface area contributed by atoms with E-state index in [4.69, 9.17) is 4.74 Å². The summed E-state index contributed by atoms with van der Waals surface area (Å²) in [4.78, 5) is 17.3. The third-order valence-electron chi connectivity index (χ3n) is 6.25. The molecule has 4 rings (SSSR count). The number of methoxy groups -OCH3 is 1. The Morgan fingerprint density at radius 1 is 1.13 bits per heavy atom. The first-order valence-corrected chi connectivity index (χ1v) is 11.2. The van der Waals surface area contributed by atoms with Crippen molar-refractivity contribution >= 4 is 27.6 Å². The summed E-state index contributed by atoms with van der Waals surface area (Å²) in [6.07, 6.45) is 1.98. The molecule has 7 heteroatoms. The molecule has 160 valence electrons. The summed E-state index contributed by atoms with van der Waals surface area (Å²) < 4.78 is 6.23. The summed E-state index contributed by atoms with van der Waals surface area (Å²) in [5.41, 5.74) is 1.97. The zero-order valence-electron chi connectivity index (χ0n) is 17.1. The average molecular weight is 474 g/mol. The molecule has 2 aliphatic heterocycles. The Bertz CT molecular complexity index is 859. The van der Waals surface area contributed by atoms with Crippen molar-refractivity contribution in [1.82, 2.24) is 9.80 Å². The number of hydrogen-bond donors (Lipinski definition) is 2. The van der Waals surface area contributed by atoms with Crippen LogP contribution < -0.4 is 10.1 Å². The molecule has 0 aliphatic carbocycles. The minimum Gasteiger partial charge on any atom is -0.497 e. The molecule has 2 fully saturated rings. The van der Waals surface area contributed by atoms with Gasteiger partial charge in [0.05, 0.1) is 13.7 Å². The molecule has 0 radical (unpaired) electrons. The number of nitrogens with one attached hydrogen (secondary N) is 1. The fourth-order valence-corrected chi connectivity index (χ4v) is 4.95. The van der Waals surface area contributed by atoms with Gasteiger partial charge in [0.25, 0.3) is 0 Å². The Morgan fingerprint density at radius 3 is 2.50 bits per heavy atom. The Labute approximate surface area is 185 Å². The average Bonchev–Trinajstić information content (AvgIpc) is 2.74. The fourth-order valence-electron chi connectivity index (χ4n) is 4.69. The first-order valence-electron chi connectivity index (χ1n) is 10.4. The maximum atomic E-state index is 13.0. The summed E-state index contributed by atoms with van der Waals surface area (Å²) in [7, 11) is 1.62. The number of nitrogens with zero attached hydrogens (tertiary/aromatic N) is 2. The van der Waals surface area contributed by atoms with Crippen LogP contribution in [-0.2, 0) is 0 Å². The number of amides is 2. The third-order valence-corrected chi connectivity index (χ3v) is 6.78. The molecular weight excluding hydrogens is 446 g/mol. The highest BCUT2D eigenvalue weighted by molar-refractivity contribution is 9.10. The highest BCUT2D eigenvalue weighted by atomic mass is 79.9. The van der Waals surface area contributed by atoms with Crippen LogP contribution in [0.5, 0.6) is 5.75 Å². The van der Waals surface area contributed by atoms with E-state index in [0.717, 1.165) is 41.8 Å². The Hall–Kier alpha value is -2.09. The number of carbonyl (C=O) groups is 1. The van der Waals surface area contributed by atoms with Crippen molar-refractivity contribution in [2.75, 3.05) is 38.7 Å². The van der Waals surface area contributed by atoms with Crippen molar-refractivity contribution < 1.29 is 14.6 Å². The van der Waals surface area contributed by atoms with E-state index in [1.807, 2.05) is 41.3 Å². The molecular formula is C23H28BrN3O3. The van der Waals surface area contributed by atoms with Gasteiger partial charge >= 0.3 is 6.03 Å². The maximum Gasteiger partial charge on any atom is 0.321 e. The van der Waals surface area contributed by atoms with Crippen molar-refractivity contribution in [2.45, 2.75) is 30.8 Å². The molecule has 0 spiro atoms. The lowest BCUT2D eigenvalue weighted by Gasteiger charge is -2.57. The van der Waals surface area contributed by atoms with E-state index in [9.17, 15) is 9.90 Å². The van der Waals surface area contributed by atoms with E-state index in [-0.39, 0.29) is 30.6 Å². The van der Waals surface area contributed by atoms with Gasteiger partial charge in [-0.25, -0.2) is 4.79 Å². The molecule has 0 saturated carbocycles. The number of anilines is 1. The van der Waals surface area contributed by atoms with Crippen LogP contribution in [0.15, 0.2) is 53.0 Å². The second-order valence-corrected chi connectivity index (χ2v) is 8.86. The Morgan fingerprint density at radius 2 is 1.83 bits per heavy atom. The lowest BCUT2D eigenvalue weighted by Crippen LogP contribution is -2.68. The van der Waals surface area contributed by atoms with E-state index in [1.165, 1.54) is 5.56 Å². The molecule has 0 bridgehead atoms. The largest absolute Gasteiger partial charge is 0.497 e. The van der Waals surface area contributed by atoms with Crippen LogP contribution in [0.25, 0.3) is 0 Å². The van der Waals surface area contributed by atoms with Gasteiger partial charge in [0.15, 0.2) is 0 Å². The summed E-state index contributed by atoms with van der Waals surface area (Å²) in [5, 5.41) is 13.0. The summed E-state index contributed by atoms with van der Waals surface area (Å²) in [6.45, 7) is 2.49. The predicted molar refractivity (Wildman–Crippen MR) is 121 cm³/mol. The zero-order chi connectivity index (χ0) is 21.1. The van der Waals surface area contributed by atoms with E-state index in [2.05, 4.69) is 38.3 Å². The molecule has 2 heterocycles. The van der Waals surface area contributed by atoms with Gasteiger partial charge in [0.2, 0.25) is 0 Å². The number of halogens is 1. The molecule has 0 aromatic heterocycles. The standard InChI is InChI=1S/C23H28BrN3O3/c1-30-19-10-8-18(9-11-19)25-23(29)26-12-2-3-13-27-20(14-26)22(21(27)15-28)16-4-6-17(24)7-5-16/h4-11,20-22,28H,2-3,12-15H2,1H3,(H,25,29)/t20-,21+,22+/m0/s1. The lowest BCUT2D eigenvalue weighted by molar-refractivity contribution is -0.0585. The van der Waals surface area contributed by atoms with Crippen molar-refractivity contribution in [1.29, 1.82) is 0 Å². The number of ether oxygens (including phenoxy) is 1. The monoisotopic (exact) mass is 473 g/mol. The molecule has 2 aliphatic rings. The van der Waals surface area contributed by atoms with E-state index in [1.54, 1.807) is 7.11 Å². The van der Waals surface area contributed by atoms with Crippen molar-refractivity contribution in [2.24, 2.45) is 0 Å². The second-order valence-electron chi connectivity index (χ2n) is 7.94. The Kier molecular flexibility index (Phi) is 6.61. The van der Waals surface area contributed by atoms with Gasteiger partial charge in [-0.1, -0.05) is 28.1 Å². The molecule has 3 atom stereocenters. The third kappa shape index (κ3) is 4.33. The van der Waals surface area contributed by atoms with Crippen LogP contribution in [-0.4, -0.2) is 66.4 Å². The van der Waals surface area contributed by atoms with Gasteiger partial charge in [-0.2, -0.15) is 0 Å². The van der Waals surface area contributed by atoms with Crippen molar-refractivity contribution in [3.63, 3.8) is 0 Å². The van der Waals surface area contributed by atoms with Crippen LogP contribution >= 0.6 is 15.9 Å². The van der Waals surface area contributed by atoms with Crippen LogP contribution in [0.3, 0.4) is 0 Å². The molecule has 0 unspecified atom stereocenters. The van der Waals surface area contributed by atoms with Crippen LogP contribution in [0.4, 0.5) is 10.5 Å². The second kappa shape index (κ2) is 9.37. The lowest BCUT2D eigenvalue weighted by atomic mass is 9.74. The van der Waals surface area contributed by atoms with Crippen LogP contribution in [0.2, 0.25) is 0 Å². The summed E-state index contributed by atoms with van der Waals surface area (Å²) in [6, 6.07) is 16.0. The van der Waals surface area contributed by atoms with E-state index in [0.29, 0.717) is 6.54 Å². The van der Waals surface area contributed by atoms with Gasteiger partial charge in [-0.15, -0.1) is 0 Å². The van der Waals surface area contributed by atoms with Crippen molar-refractivity contribution in [3.8, 4) is 5.75 Å². The van der Waals surface area contributed by atoms with Gasteiger partial charge < -0.3 is 20.1 Å². The molecule has 2 amide bonds. The highest BCUT2D eigenvalue weighted by Gasteiger charge is 2.49. The molecule has 2 saturated heterocycles. The number of fused-ring (bicyclic) bond motifs is 1. The summed E-state index contributed by atoms with van der Waals surface area (Å²) in [5.74, 6) is 0.981. The molecule has 30 heavy (non-hydrogen) atoms. The fraction of sp³-hybridized carbons (Fsp3) is 0.435. The first-order chi connectivity index (χ1) is 14.6. The zero-order valence-corrected chi connectivity index (χ0v) is 18.7. The van der Waals surface area contributed by atoms with Crippen LogP contribution in [0, 0.1) is 0 Å². The number of rotatable bonds is 4.